The molecular formula is C12H25. The highest BCUT2D eigenvalue weighted by Crippen LogP contribution is 2.12. The summed E-state index contributed by atoms with van der Waals surface area (Å²) in [4.78, 5) is 0. The van der Waals surface area contributed by atoms with E-state index in [9.17, 15) is 0 Å². The molecule has 12 heavy (non-hydrogen) atoms. The third kappa shape index (κ3) is 10.0. The highest BCUT2D eigenvalue weighted by atomic mass is 14.0. The Morgan fingerprint density at radius 3 is 1.75 bits per heavy atom. The average molecular weight is 169 g/mol. The van der Waals surface area contributed by atoms with E-state index >= 15 is 0 Å². The first-order chi connectivity index (χ1) is 5.63. The molecule has 0 aliphatic carbocycles. The first kappa shape index (κ1) is 12.0. The Bertz CT molecular complexity index is 70.0. The molecule has 0 aromatic carbocycles. The van der Waals surface area contributed by atoms with Crippen molar-refractivity contribution in [3.8, 4) is 0 Å². The van der Waals surface area contributed by atoms with Crippen molar-refractivity contribution >= 4 is 0 Å². The van der Waals surface area contributed by atoms with E-state index in [1.54, 1.807) is 0 Å². The third-order valence-electron chi connectivity index (χ3n) is 2.23. The van der Waals surface area contributed by atoms with Crippen LogP contribution in [0.2, 0.25) is 0 Å². The van der Waals surface area contributed by atoms with E-state index < -0.39 is 0 Å². The summed E-state index contributed by atoms with van der Waals surface area (Å²) in [5, 5.41) is 0. The molecule has 0 N–H and O–H groups in total. The van der Waals surface area contributed by atoms with Crippen LogP contribution in [0.15, 0.2) is 0 Å². The summed E-state index contributed by atoms with van der Waals surface area (Å²) in [6, 6.07) is 0. The van der Waals surface area contributed by atoms with E-state index in [1.807, 2.05) is 0 Å². The van der Waals surface area contributed by atoms with Crippen LogP contribution in [0, 0.1) is 18.8 Å². The average Bonchev–Trinajstić information content (AvgIpc) is 1.95. The second kappa shape index (κ2) is 7.64. The van der Waals surface area contributed by atoms with Crippen LogP contribution in [0.25, 0.3) is 0 Å². The van der Waals surface area contributed by atoms with Gasteiger partial charge in [0.15, 0.2) is 0 Å². The molecular weight excluding hydrogens is 144 g/mol. The number of hydrogen-bond acceptors (Lipinski definition) is 0. The molecule has 0 saturated heterocycles. The van der Waals surface area contributed by atoms with E-state index in [2.05, 4.69) is 27.7 Å². The van der Waals surface area contributed by atoms with E-state index in [0.717, 1.165) is 5.92 Å². The standard InChI is InChI=1S/C12H25/c1-11(2)9-7-5-6-8-10-12(3)4/h11-12H,1,5-10H2,2-4H3. The Hall–Kier alpha value is 0. The molecule has 0 aliphatic heterocycles. The number of hydrogen-bond donors (Lipinski definition) is 0. The van der Waals surface area contributed by atoms with Crippen LogP contribution in [0.5, 0.6) is 0 Å². The van der Waals surface area contributed by atoms with Gasteiger partial charge in [-0.1, -0.05) is 66.2 Å². The van der Waals surface area contributed by atoms with Gasteiger partial charge in [0.05, 0.1) is 0 Å². The van der Waals surface area contributed by atoms with E-state index in [4.69, 9.17) is 0 Å². The summed E-state index contributed by atoms with van der Waals surface area (Å²) in [7, 11) is 0. The number of rotatable bonds is 7. The van der Waals surface area contributed by atoms with Crippen LogP contribution in [-0.2, 0) is 0 Å². The maximum Gasteiger partial charge on any atom is -0.0443 e. The van der Waals surface area contributed by atoms with Crippen molar-refractivity contribution in [2.45, 2.75) is 59.3 Å². The highest BCUT2D eigenvalue weighted by molar-refractivity contribution is 4.54. The van der Waals surface area contributed by atoms with Gasteiger partial charge in [0.1, 0.15) is 0 Å². The summed E-state index contributed by atoms with van der Waals surface area (Å²) < 4.78 is 0. The Kier molecular flexibility index (Phi) is 7.64. The molecule has 0 heterocycles. The molecule has 1 atom stereocenters. The van der Waals surface area contributed by atoms with Crippen molar-refractivity contribution in [1.29, 1.82) is 0 Å². The Morgan fingerprint density at radius 2 is 1.33 bits per heavy atom. The van der Waals surface area contributed by atoms with Crippen molar-refractivity contribution in [2.24, 2.45) is 11.8 Å². The lowest BCUT2D eigenvalue weighted by atomic mass is 10.0. The predicted octanol–water partition coefficient (Wildman–Crippen LogP) is 4.45. The van der Waals surface area contributed by atoms with E-state index in [1.165, 1.54) is 38.5 Å². The molecule has 0 aromatic rings. The van der Waals surface area contributed by atoms with Gasteiger partial charge in [-0.15, -0.1) is 0 Å². The van der Waals surface area contributed by atoms with Crippen LogP contribution >= 0.6 is 0 Å². The van der Waals surface area contributed by atoms with Crippen LogP contribution in [-0.4, -0.2) is 0 Å². The number of unbranched alkanes of at least 4 members (excludes halogenated alkanes) is 3. The smallest absolute Gasteiger partial charge is 0.0443 e. The van der Waals surface area contributed by atoms with E-state index in [0.29, 0.717) is 5.92 Å². The van der Waals surface area contributed by atoms with Crippen molar-refractivity contribution in [3.63, 3.8) is 0 Å². The van der Waals surface area contributed by atoms with Gasteiger partial charge in [0, 0.05) is 0 Å². The maximum absolute atomic E-state index is 3.98. The molecule has 0 amide bonds. The highest BCUT2D eigenvalue weighted by Gasteiger charge is 1.96. The fourth-order valence-electron chi connectivity index (χ4n) is 1.40. The van der Waals surface area contributed by atoms with Crippen molar-refractivity contribution in [3.05, 3.63) is 6.92 Å². The molecule has 73 valence electrons. The molecule has 0 bridgehead atoms. The normalized spacial score (nSPS) is 11.5. The second-order valence-electron chi connectivity index (χ2n) is 4.49. The van der Waals surface area contributed by atoms with Gasteiger partial charge >= 0.3 is 0 Å². The topological polar surface area (TPSA) is 0 Å². The zero-order chi connectivity index (χ0) is 9.40. The summed E-state index contributed by atoms with van der Waals surface area (Å²) >= 11 is 0. The monoisotopic (exact) mass is 169 g/mol. The molecule has 0 spiro atoms. The fourth-order valence-corrected chi connectivity index (χ4v) is 1.40. The zero-order valence-corrected chi connectivity index (χ0v) is 9.10. The molecule has 1 radical (unpaired) electrons. The Morgan fingerprint density at radius 1 is 0.833 bits per heavy atom. The first-order valence-corrected chi connectivity index (χ1v) is 5.46. The largest absolute Gasteiger partial charge is 0.0628 e. The van der Waals surface area contributed by atoms with Crippen LogP contribution in [0.3, 0.4) is 0 Å². The van der Waals surface area contributed by atoms with Gasteiger partial charge in [-0.3, -0.25) is 0 Å². The summed E-state index contributed by atoms with van der Waals surface area (Å²) in [6.07, 6.45) is 8.34. The molecule has 0 rings (SSSR count). The predicted molar refractivity (Wildman–Crippen MR) is 57.1 cm³/mol. The molecule has 1 unspecified atom stereocenters. The fraction of sp³-hybridized carbons (Fsp3) is 0.917. The summed E-state index contributed by atoms with van der Waals surface area (Å²) in [6.45, 7) is 10.8. The van der Waals surface area contributed by atoms with Crippen LogP contribution in [0.1, 0.15) is 59.3 Å². The lowest BCUT2D eigenvalue weighted by Crippen LogP contribution is -1.89. The minimum atomic E-state index is 0.648. The Labute approximate surface area is 78.8 Å². The molecule has 0 fully saturated rings. The molecule has 0 aromatic heterocycles. The molecule has 0 heteroatoms. The minimum absolute atomic E-state index is 0.648. The third-order valence-corrected chi connectivity index (χ3v) is 2.23. The lowest BCUT2D eigenvalue weighted by Gasteiger charge is -2.05. The van der Waals surface area contributed by atoms with Crippen molar-refractivity contribution < 1.29 is 0 Å². The molecule has 0 saturated carbocycles. The zero-order valence-electron chi connectivity index (χ0n) is 9.10. The lowest BCUT2D eigenvalue weighted by molar-refractivity contribution is 0.500. The van der Waals surface area contributed by atoms with Gasteiger partial charge in [-0.05, 0) is 11.8 Å². The Balaban J connectivity index is 2.91. The summed E-state index contributed by atoms with van der Waals surface area (Å²) in [5.41, 5.74) is 0. The van der Waals surface area contributed by atoms with Crippen LogP contribution in [0.4, 0.5) is 0 Å². The SMILES string of the molecule is [CH2]C(C)CCCCCCC(C)C. The molecule has 0 aliphatic rings. The first-order valence-electron chi connectivity index (χ1n) is 5.46. The van der Waals surface area contributed by atoms with Gasteiger partial charge in [0.25, 0.3) is 0 Å². The molecule has 0 nitrogen and oxygen atoms in total. The maximum atomic E-state index is 3.98. The van der Waals surface area contributed by atoms with Crippen molar-refractivity contribution in [2.75, 3.05) is 0 Å². The minimum Gasteiger partial charge on any atom is -0.0628 e. The summed E-state index contributed by atoms with van der Waals surface area (Å²) in [5.74, 6) is 1.53. The van der Waals surface area contributed by atoms with Crippen molar-refractivity contribution in [1.82, 2.24) is 0 Å². The van der Waals surface area contributed by atoms with Gasteiger partial charge in [-0.2, -0.15) is 0 Å². The van der Waals surface area contributed by atoms with E-state index in [-0.39, 0.29) is 0 Å². The van der Waals surface area contributed by atoms with Gasteiger partial charge < -0.3 is 0 Å². The van der Waals surface area contributed by atoms with Gasteiger partial charge in [-0.25, -0.2) is 0 Å². The quantitative estimate of drug-likeness (QED) is 0.494. The second-order valence-corrected chi connectivity index (χ2v) is 4.49. The van der Waals surface area contributed by atoms with Crippen LogP contribution < -0.4 is 0 Å². The van der Waals surface area contributed by atoms with Gasteiger partial charge in [0.2, 0.25) is 0 Å².